The molecule has 0 unspecified atom stereocenters. The number of rotatable bonds is 4. The summed E-state index contributed by atoms with van der Waals surface area (Å²) in [6, 6.07) is 10.6. The fraction of sp³-hybridized carbons (Fsp3) is 0.133. The van der Waals surface area contributed by atoms with Gasteiger partial charge in [0.25, 0.3) is 0 Å². The predicted octanol–water partition coefficient (Wildman–Crippen LogP) is 3.54. The molecule has 0 aliphatic carbocycles. The first-order valence-electron chi connectivity index (χ1n) is 6.15. The summed E-state index contributed by atoms with van der Waals surface area (Å²) in [4.78, 5) is 0. The summed E-state index contributed by atoms with van der Waals surface area (Å²) in [6.45, 7) is 1.95. The zero-order valence-corrected chi connectivity index (χ0v) is 12.4. The van der Waals surface area contributed by atoms with Crippen LogP contribution in [0.1, 0.15) is 11.1 Å². The Balaban J connectivity index is 2.48. The number of benzene rings is 2. The summed E-state index contributed by atoms with van der Waals surface area (Å²) in [7, 11) is 1.56. The molecular formula is C15H15ClN2O3. The van der Waals surface area contributed by atoms with Gasteiger partial charge in [-0.25, -0.2) is 0 Å². The van der Waals surface area contributed by atoms with Gasteiger partial charge in [0, 0.05) is 0 Å². The Labute approximate surface area is 127 Å². The van der Waals surface area contributed by atoms with E-state index in [1.54, 1.807) is 31.4 Å². The fourth-order valence-corrected chi connectivity index (χ4v) is 2.13. The van der Waals surface area contributed by atoms with Crippen molar-refractivity contribution in [1.82, 2.24) is 0 Å². The number of nitrogens with two attached hydrogens (primary N) is 1. The van der Waals surface area contributed by atoms with Crippen molar-refractivity contribution < 1.29 is 14.7 Å². The van der Waals surface area contributed by atoms with Crippen LogP contribution in [0.5, 0.6) is 17.2 Å². The van der Waals surface area contributed by atoms with E-state index in [-0.39, 0.29) is 5.84 Å². The number of oxime groups is 1. The average Bonchev–Trinajstić information content (AvgIpc) is 2.48. The first-order valence-corrected chi connectivity index (χ1v) is 6.53. The van der Waals surface area contributed by atoms with Gasteiger partial charge in [-0.05, 0) is 36.8 Å². The summed E-state index contributed by atoms with van der Waals surface area (Å²) in [5, 5.41) is 12.2. The van der Waals surface area contributed by atoms with E-state index in [4.69, 9.17) is 32.0 Å². The van der Waals surface area contributed by atoms with Crippen molar-refractivity contribution in [3.8, 4) is 17.2 Å². The molecular weight excluding hydrogens is 292 g/mol. The van der Waals surface area contributed by atoms with Crippen LogP contribution in [0.15, 0.2) is 41.6 Å². The number of methoxy groups -OCH3 is 1. The third-order valence-electron chi connectivity index (χ3n) is 2.88. The van der Waals surface area contributed by atoms with Gasteiger partial charge in [-0.2, -0.15) is 0 Å². The third-order valence-corrected chi connectivity index (χ3v) is 3.19. The van der Waals surface area contributed by atoms with Crippen LogP contribution in [0.3, 0.4) is 0 Å². The van der Waals surface area contributed by atoms with Crippen molar-refractivity contribution in [2.24, 2.45) is 10.9 Å². The van der Waals surface area contributed by atoms with Gasteiger partial charge in [-0.15, -0.1) is 0 Å². The Morgan fingerprint density at radius 3 is 2.62 bits per heavy atom. The van der Waals surface area contributed by atoms with Crippen LogP contribution < -0.4 is 15.2 Å². The van der Waals surface area contributed by atoms with E-state index in [9.17, 15) is 0 Å². The molecule has 3 N–H and O–H groups in total. The molecule has 0 atom stereocenters. The normalized spacial score (nSPS) is 11.3. The number of hydrogen-bond donors (Lipinski definition) is 2. The lowest BCUT2D eigenvalue weighted by molar-refractivity contribution is 0.318. The predicted molar refractivity (Wildman–Crippen MR) is 81.8 cm³/mol. The smallest absolute Gasteiger partial charge is 0.175 e. The summed E-state index contributed by atoms with van der Waals surface area (Å²) in [6.07, 6.45) is 0. The Hall–Kier alpha value is -2.40. The first kappa shape index (κ1) is 15.0. The summed E-state index contributed by atoms with van der Waals surface area (Å²) in [5.41, 5.74) is 7.02. The van der Waals surface area contributed by atoms with Gasteiger partial charge in [0.05, 0.1) is 17.7 Å². The van der Waals surface area contributed by atoms with E-state index in [0.29, 0.717) is 27.8 Å². The van der Waals surface area contributed by atoms with Gasteiger partial charge in [0.2, 0.25) is 0 Å². The average molecular weight is 307 g/mol. The van der Waals surface area contributed by atoms with Crippen LogP contribution in [-0.2, 0) is 0 Å². The number of nitrogens with zero attached hydrogens (tertiary/aromatic N) is 1. The standard InChI is InChI=1S/C15H15ClN2O3/c1-9-6-7-11(13(8-9)20-2)21-12-5-3-4-10(16)14(12)15(17)18-19/h3-8,19H,1-2H3,(H2,17,18). The van der Waals surface area contributed by atoms with Gasteiger partial charge in [0.15, 0.2) is 17.3 Å². The molecule has 0 aliphatic heterocycles. The number of amidine groups is 1. The van der Waals surface area contributed by atoms with Gasteiger partial charge in [0.1, 0.15) is 5.75 Å². The first-order chi connectivity index (χ1) is 10.1. The van der Waals surface area contributed by atoms with Gasteiger partial charge >= 0.3 is 0 Å². The SMILES string of the molecule is COc1cc(C)ccc1Oc1cccc(Cl)c1C(N)=NO. The van der Waals surface area contributed by atoms with E-state index in [2.05, 4.69) is 5.16 Å². The molecule has 0 radical (unpaired) electrons. The topological polar surface area (TPSA) is 77.1 Å². The molecule has 0 spiro atoms. The largest absolute Gasteiger partial charge is 0.493 e. The Morgan fingerprint density at radius 1 is 1.19 bits per heavy atom. The highest BCUT2D eigenvalue weighted by atomic mass is 35.5. The number of ether oxygens (including phenoxy) is 2. The van der Waals surface area contributed by atoms with E-state index in [1.807, 2.05) is 19.1 Å². The molecule has 0 fully saturated rings. The lowest BCUT2D eigenvalue weighted by atomic mass is 10.1. The molecule has 0 aromatic heterocycles. The van der Waals surface area contributed by atoms with Crippen molar-refractivity contribution in [2.75, 3.05) is 7.11 Å². The van der Waals surface area contributed by atoms with Crippen molar-refractivity contribution in [2.45, 2.75) is 6.92 Å². The molecule has 2 aromatic rings. The van der Waals surface area contributed by atoms with Gasteiger partial charge in [-0.3, -0.25) is 0 Å². The number of hydrogen-bond acceptors (Lipinski definition) is 4. The van der Waals surface area contributed by atoms with Crippen molar-refractivity contribution in [3.05, 3.63) is 52.5 Å². The van der Waals surface area contributed by atoms with Crippen LogP contribution in [0, 0.1) is 6.92 Å². The second-order valence-electron chi connectivity index (χ2n) is 4.35. The highest BCUT2D eigenvalue weighted by Crippen LogP contribution is 2.35. The molecule has 6 heteroatoms. The number of halogens is 1. The molecule has 110 valence electrons. The van der Waals surface area contributed by atoms with Crippen molar-refractivity contribution >= 4 is 17.4 Å². The molecule has 0 heterocycles. The van der Waals surface area contributed by atoms with Crippen molar-refractivity contribution in [1.29, 1.82) is 0 Å². The minimum absolute atomic E-state index is 0.123. The van der Waals surface area contributed by atoms with Gasteiger partial charge in [-0.1, -0.05) is 28.9 Å². The Morgan fingerprint density at radius 2 is 1.95 bits per heavy atom. The lowest BCUT2D eigenvalue weighted by Gasteiger charge is -2.14. The van der Waals surface area contributed by atoms with Crippen LogP contribution in [0.4, 0.5) is 0 Å². The van der Waals surface area contributed by atoms with E-state index >= 15 is 0 Å². The van der Waals surface area contributed by atoms with E-state index in [0.717, 1.165) is 5.56 Å². The Bertz CT molecular complexity index is 687. The highest BCUT2D eigenvalue weighted by molar-refractivity contribution is 6.34. The lowest BCUT2D eigenvalue weighted by Crippen LogP contribution is -2.15. The highest BCUT2D eigenvalue weighted by Gasteiger charge is 2.15. The molecule has 0 bridgehead atoms. The molecule has 2 aromatic carbocycles. The second kappa shape index (κ2) is 6.37. The molecule has 2 rings (SSSR count). The zero-order chi connectivity index (χ0) is 15.4. The maximum atomic E-state index is 8.86. The molecule has 0 saturated carbocycles. The van der Waals surface area contributed by atoms with Crippen LogP contribution >= 0.6 is 11.6 Å². The monoisotopic (exact) mass is 306 g/mol. The summed E-state index contributed by atoms with van der Waals surface area (Å²) in [5.74, 6) is 1.35. The van der Waals surface area contributed by atoms with Crippen LogP contribution in [0.25, 0.3) is 0 Å². The number of aryl methyl sites for hydroxylation is 1. The fourth-order valence-electron chi connectivity index (χ4n) is 1.87. The van der Waals surface area contributed by atoms with E-state index < -0.39 is 0 Å². The molecule has 0 amide bonds. The summed E-state index contributed by atoms with van der Waals surface area (Å²) < 4.78 is 11.1. The Kier molecular flexibility index (Phi) is 4.55. The third kappa shape index (κ3) is 3.20. The molecule has 0 saturated heterocycles. The van der Waals surface area contributed by atoms with Crippen molar-refractivity contribution in [3.63, 3.8) is 0 Å². The second-order valence-corrected chi connectivity index (χ2v) is 4.76. The quantitative estimate of drug-likeness (QED) is 0.392. The molecule has 21 heavy (non-hydrogen) atoms. The minimum Gasteiger partial charge on any atom is -0.493 e. The maximum absolute atomic E-state index is 8.86. The summed E-state index contributed by atoms with van der Waals surface area (Å²) >= 11 is 6.08. The van der Waals surface area contributed by atoms with Gasteiger partial charge < -0.3 is 20.4 Å². The van der Waals surface area contributed by atoms with E-state index in [1.165, 1.54) is 0 Å². The van der Waals surface area contributed by atoms with Crippen LogP contribution in [-0.4, -0.2) is 18.2 Å². The minimum atomic E-state index is -0.123. The molecule has 5 nitrogen and oxygen atoms in total. The zero-order valence-electron chi connectivity index (χ0n) is 11.6. The molecule has 0 aliphatic rings. The van der Waals surface area contributed by atoms with Crippen LogP contribution in [0.2, 0.25) is 5.02 Å². The maximum Gasteiger partial charge on any atom is 0.175 e.